The van der Waals surface area contributed by atoms with Crippen LogP contribution in [0.15, 0.2) is 23.3 Å². The highest BCUT2D eigenvalue weighted by atomic mass is 16.5. The molecule has 1 aliphatic heterocycles. The van der Waals surface area contributed by atoms with E-state index in [-0.39, 0.29) is 5.60 Å². The maximum atomic E-state index is 5.81. The number of nitrogens with one attached hydrogen (secondary N) is 1. The van der Waals surface area contributed by atoms with E-state index in [9.17, 15) is 0 Å². The molecule has 16 heavy (non-hydrogen) atoms. The van der Waals surface area contributed by atoms with Crippen LogP contribution in [0.5, 0.6) is 5.88 Å². The summed E-state index contributed by atoms with van der Waals surface area (Å²) in [6, 6.07) is 3.87. The zero-order valence-electron chi connectivity index (χ0n) is 9.95. The van der Waals surface area contributed by atoms with Gasteiger partial charge in [-0.2, -0.15) is 0 Å². The van der Waals surface area contributed by atoms with Crippen molar-refractivity contribution >= 4 is 5.84 Å². The molecule has 0 aliphatic carbocycles. The Morgan fingerprint density at radius 3 is 2.81 bits per heavy atom. The molecular formula is C12H17N3O. The van der Waals surface area contributed by atoms with E-state index in [0.29, 0.717) is 5.88 Å². The smallest absolute Gasteiger partial charge is 0.225 e. The molecule has 4 nitrogen and oxygen atoms in total. The van der Waals surface area contributed by atoms with E-state index in [1.165, 1.54) is 0 Å². The maximum absolute atomic E-state index is 5.81. The first kappa shape index (κ1) is 10.9. The van der Waals surface area contributed by atoms with Crippen molar-refractivity contribution in [3.05, 3.63) is 23.9 Å². The molecule has 86 valence electrons. The molecule has 0 unspecified atom stereocenters. The molecular weight excluding hydrogens is 202 g/mol. The van der Waals surface area contributed by atoms with E-state index in [1.807, 2.05) is 32.9 Å². The predicted octanol–water partition coefficient (Wildman–Crippen LogP) is 1.61. The predicted molar refractivity (Wildman–Crippen MR) is 64.0 cm³/mol. The minimum Gasteiger partial charge on any atom is -0.471 e. The van der Waals surface area contributed by atoms with Crippen LogP contribution >= 0.6 is 0 Å². The summed E-state index contributed by atoms with van der Waals surface area (Å²) in [5.41, 5.74) is 0.692. The Balaban J connectivity index is 2.30. The highest BCUT2D eigenvalue weighted by Crippen LogP contribution is 2.20. The Morgan fingerprint density at radius 2 is 2.19 bits per heavy atom. The van der Waals surface area contributed by atoms with Crippen LogP contribution < -0.4 is 10.1 Å². The highest BCUT2D eigenvalue weighted by molar-refractivity contribution is 6.01. The van der Waals surface area contributed by atoms with Crippen LogP contribution in [0.2, 0.25) is 0 Å². The van der Waals surface area contributed by atoms with Gasteiger partial charge in [-0.1, -0.05) is 0 Å². The van der Waals surface area contributed by atoms with Crippen LogP contribution in [0.1, 0.15) is 26.3 Å². The molecule has 0 aromatic carbocycles. The summed E-state index contributed by atoms with van der Waals surface area (Å²) >= 11 is 0. The normalized spacial score (nSPS) is 15.6. The van der Waals surface area contributed by atoms with Gasteiger partial charge in [0.15, 0.2) is 0 Å². The van der Waals surface area contributed by atoms with E-state index >= 15 is 0 Å². The van der Waals surface area contributed by atoms with Gasteiger partial charge < -0.3 is 10.1 Å². The third kappa shape index (κ3) is 2.51. The van der Waals surface area contributed by atoms with Crippen molar-refractivity contribution in [2.75, 3.05) is 13.1 Å². The number of pyridine rings is 1. The lowest BCUT2D eigenvalue weighted by Gasteiger charge is -2.22. The summed E-state index contributed by atoms with van der Waals surface area (Å²) in [7, 11) is 0. The Bertz CT molecular complexity index is 407. The fourth-order valence-electron chi connectivity index (χ4n) is 1.52. The van der Waals surface area contributed by atoms with Crippen LogP contribution in [-0.2, 0) is 0 Å². The van der Waals surface area contributed by atoms with E-state index in [2.05, 4.69) is 15.3 Å². The van der Waals surface area contributed by atoms with Gasteiger partial charge in [0.2, 0.25) is 5.88 Å². The van der Waals surface area contributed by atoms with E-state index in [4.69, 9.17) is 4.74 Å². The summed E-state index contributed by atoms with van der Waals surface area (Å²) < 4.78 is 5.81. The molecule has 2 heterocycles. The van der Waals surface area contributed by atoms with Crippen molar-refractivity contribution in [2.45, 2.75) is 26.4 Å². The molecule has 1 aromatic rings. The Kier molecular flexibility index (Phi) is 2.81. The van der Waals surface area contributed by atoms with Gasteiger partial charge in [0.1, 0.15) is 11.4 Å². The summed E-state index contributed by atoms with van der Waals surface area (Å²) in [6.45, 7) is 7.73. The topological polar surface area (TPSA) is 46.5 Å². The Hall–Kier alpha value is -1.58. The number of amidine groups is 1. The number of hydrogen-bond acceptors (Lipinski definition) is 4. The first-order chi connectivity index (χ1) is 7.56. The van der Waals surface area contributed by atoms with Gasteiger partial charge in [-0.15, -0.1) is 0 Å². The molecule has 0 bridgehead atoms. The quantitative estimate of drug-likeness (QED) is 0.822. The van der Waals surface area contributed by atoms with Crippen molar-refractivity contribution in [3.8, 4) is 5.88 Å². The van der Waals surface area contributed by atoms with Crippen molar-refractivity contribution in [3.63, 3.8) is 0 Å². The van der Waals surface area contributed by atoms with Gasteiger partial charge in [0.25, 0.3) is 0 Å². The van der Waals surface area contributed by atoms with Crippen LogP contribution in [-0.4, -0.2) is 29.5 Å². The van der Waals surface area contributed by atoms with Gasteiger partial charge >= 0.3 is 0 Å². The second-order valence-electron chi connectivity index (χ2n) is 4.73. The highest BCUT2D eigenvalue weighted by Gasteiger charge is 2.19. The fraction of sp³-hybridized carbons (Fsp3) is 0.500. The molecule has 1 aromatic heterocycles. The van der Waals surface area contributed by atoms with Crippen LogP contribution in [0, 0.1) is 0 Å². The number of rotatable bonds is 2. The monoisotopic (exact) mass is 219 g/mol. The van der Waals surface area contributed by atoms with Crippen molar-refractivity contribution in [2.24, 2.45) is 4.99 Å². The number of hydrogen-bond donors (Lipinski definition) is 1. The number of aromatic nitrogens is 1. The van der Waals surface area contributed by atoms with E-state index in [0.717, 1.165) is 24.5 Å². The average molecular weight is 219 g/mol. The molecule has 0 saturated heterocycles. The van der Waals surface area contributed by atoms with Gasteiger partial charge in [0.05, 0.1) is 12.1 Å². The molecule has 0 fully saturated rings. The van der Waals surface area contributed by atoms with Gasteiger partial charge in [-0.3, -0.25) is 4.99 Å². The third-order valence-electron chi connectivity index (χ3n) is 2.10. The van der Waals surface area contributed by atoms with Crippen molar-refractivity contribution in [1.82, 2.24) is 10.3 Å². The first-order valence-corrected chi connectivity index (χ1v) is 5.49. The number of nitrogens with zero attached hydrogens (tertiary/aromatic N) is 2. The minimum absolute atomic E-state index is 0.248. The molecule has 1 N–H and O–H groups in total. The zero-order chi connectivity index (χ0) is 11.6. The molecule has 0 atom stereocenters. The Morgan fingerprint density at radius 1 is 1.38 bits per heavy atom. The van der Waals surface area contributed by atoms with E-state index in [1.54, 1.807) is 6.20 Å². The number of ether oxygens (including phenoxy) is 1. The second kappa shape index (κ2) is 4.12. The lowest BCUT2D eigenvalue weighted by Crippen LogP contribution is -2.27. The Labute approximate surface area is 95.8 Å². The summed E-state index contributed by atoms with van der Waals surface area (Å²) in [4.78, 5) is 8.65. The summed E-state index contributed by atoms with van der Waals surface area (Å²) in [5, 5.41) is 3.23. The van der Waals surface area contributed by atoms with Crippen molar-refractivity contribution in [1.29, 1.82) is 0 Å². The molecule has 2 rings (SSSR count). The fourth-order valence-corrected chi connectivity index (χ4v) is 1.52. The molecule has 0 radical (unpaired) electrons. The van der Waals surface area contributed by atoms with Gasteiger partial charge in [-0.05, 0) is 32.9 Å². The average Bonchev–Trinajstić information content (AvgIpc) is 2.69. The first-order valence-electron chi connectivity index (χ1n) is 5.49. The molecule has 0 amide bonds. The lowest BCUT2D eigenvalue weighted by atomic mass is 10.2. The standard InChI is InChI=1S/C12H17N3O/c1-12(2,3)16-11-9(5-4-6-15-11)10-13-7-8-14-10/h4-6H,7-8H2,1-3H3,(H,13,14). The third-order valence-corrected chi connectivity index (χ3v) is 2.10. The van der Waals surface area contributed by atoms with Gasteiger partial charge in [0, 0.05) is 12.7 Å². The second-order valence-corrected chi connectivity index (χ2v) is 4.73. The largest absolute Gasteiger partial charge is 0.471 e. The molecule has 4 heteroatoms. The maximum Gasteiger partial charge on any atom is 0.225 e. The van der Waals surface area contributed by atoms with Gasteiger partial charge in [-0.25, -0.2) is 4.98 Å². The summed E-state index contributed by atoms with van der Waals surface area (Å²) in [6.07, 6.45) is 1.74. The van der Waals surface area contributed by atoms with Crippen LogP contribution in [0.3, 0.4) is 0 Å². The van der Waals surface area contributed by atoms with Crippen molar-refractivity contribution < 1.29 is 4.74 Å². The SMILES string of the molecule is CC(C)(C)Oc1ncccc1C1=NCCN1. The van der Waals surface area contributed by atoms with Crippen LogP contribution in [0.25, 0.3) is 0 Å². The minimum atomic E-state index is -0.248. The molecule has 1 aliphatic rings. The summed E-state index contributed by atoms with van der Waals surface area (Å²) in [5.74, 6) is 1.52. The molecule has 0 saturated carbocycles. The van der Waals surface area contributed by atoms with Crippen LogP contribution in [0.4, 0.5) is 0 Å². The number of aliphatic imine (C=N–C) groups is 1. The molecule has 0 spiro atoms. The van der Waals surface area contributed by atoms with E-state index < -0.39 is 0 Å². The lowest BCUT2D eigenvalue weighted by molar-refractivity contribution is 0.124. The zero-order valence-corrected chi connectivity index (χ0v) is 9.95.